The second kappa shape index (κ2) is 4.11. The van der Waals surface area contributed by atoms with Crippen molar-refractivity contribution in [1.82, 2.24) is 0 Å². The molecule has 0 atom stereocenters. The van der Waals surface area contributed by atoms with Gasteiger partial charge in [0.15, 0.2) is 0 Å². The van der Waals surface area contributed by atoms with Gasteiger partial charge >= 0.3 is 0 Å². The van der Waals surface area contributed by atoms with Gasteiger partial charge in [-0.2, -0.15) is 5.26 Å². The highest BCUT2D eigenvalue weighted by molar-refractivity contribution is 5.91. The number of fused-ring (bicyclic) bond motifs is 1. The summed E-state index contributed by atoms with van der Waals surface area (Å²) in [6.07, 6.45) is 2.23. The van der Waals surface area contributed by atoms with Crippen LogP contribution in [0.15, 0.2) is 40.5 Å². The maximum absolute atomic E-state index is 8.95. The summed E-state index contributed by atoms with van der Waals surface area (Å²) >= 11 is 0. The molecule has 0 saturated heterocycles. The molecule has 0 aliphatic carbocycles. The Labute approximate surface area is 93.8 Å². The summed E-state index contributed by atoms with van der Waals surface area (Å²) in [7, 11) is 0. The fraction of sp³-hybridized carbons (Fsp3) is 0.154. The van der Waals surface area contributed by atoms with Gasteiger partial charge in [0, 0.05) is 10.9 Å². The second-order valence-electron chi connectivity index (χ2n) is 3.50. The molecule has 0 saturated carbocycles. The van der Waals surface area contributed by atoms with Crippen molar-refractivity contribution in [2.45, 2.75) is 13.3 Å². The van der Waals surface area contributed by atoms with Crippen molar-refractivity contribution in [3.63, 3.8) is 0 Å². The van der Waals surface area contributed by atoms with Crippen LogP contribution in [0, 0.1) is 11.3 Å². The average molecular weight is 212 g/mol. The molecule has 16 heavy (non-hydrogen) atoms. The quantitative estimate of drug-likeness (QED) is 0.778. The summed E-state index contributed by atoms with van der Waals surface area (Å²) in [5.74, 6) is 0. The second-order valence-corrected chi connectivity index (χ2v) is 3.50. The lowest BCUT2D eigenvalue weighted by Gasteiger charge is -2.01. The number of benzene rings is 1. The molecule has 1 heterocycles. The van der Waals surface area contributed by atoms with Gasteiger partial charge in [0.25, 0.3) is 0 Å². The molecule has 0 radical (unpaired) electrons. The highest BCUT2D eigenvalue weighted by Crippen LogP contribution is 2.26. The minimum atomic E-state index is 0.509. The van der Waals surface area contributed by atoms with Crippen LogP contribution in [0.4, 0.5) is 0 Å². The Balaban J connectivity index is 2.65. The molecule has 2 rings (SSSR count). The van der Waals surface area contributed by atoms with E-state index < -0.39 is 0 Å². The Kier molecular flexibility index (Phi) is 2.65. The van der Waals surface area contributed by atoms with Gasteiger partial charge < -0.3 is 10.2 Å². The number of nitrogens with zero attached hydrogens (tertiary/aromatic N) is 1. The third kappa shape index (κ3) is 1.55. The van der Waals surface area contributed by atoms with E-state index >= 15 is 0 Å². The van der Waals surface area contributed by atoms with Gasteiger partial charge in [0.2, 0.25) is 0 Å². The molecule has 80 valence electrons. The third-order valence-electron chi connectivity index (χ3n) is 2.58. The molecule has 1 aromatic carbocycles. The Bertz CT molecular complexity index is 587. The molecule has 1 aromatic heterocycles. The van der Waals surface area contributed by atoms with Crippen molar-refractivity contribution in [3.05, 3.63) is 41.7 Å². The largest absolute Gasteiger partial charge is 0.464 e. The van der Waals surface area contributed by atoms with Crippen LogP contribution in [0.5, 0.6) is 0 Å². The number of hydrogen-bond donors (Lipinski definition) is 1. The van der Waals surface area contributed by atoms with E-state index in [1.165, 1.54) is 0 Å². The molecule has 3 nitrogen and oxygen atoms in total. The number of allylic oxidation sites excluding steroid dienone is 1. The normalized spacial score (nSPS) is 12.2. The van der Waals surface area contributed by atoms with Gasteiger partial charge in [-0.05, 0) is 12.5 Å². The van der Waals surface area contributed by atoms with Crippen LogP contribution in [0.1, 0.15) is 18.9 Å². The van der Waals surface area contributed by atoms with Crippen molar-refractivity contribution in [3.8, 4) is 6.07 Å². The summed E-state index contributed by atoms with van der Waals surface area (Å²) in [5, 5.41) is 9.89. The van der Waals surface area contributed by atoms with Crippen molar-refractivity contribution in [2.24, 2.45) is 5.73 Å². The standard InChI is InChI=1S/C13H12N2O/c1-2-9(7-14)13(15)11-8-16-12-6-4-3-5-10(11)12/h3-6,8H,2,15H2,1H3/b13-9-. The van der Waals surface area contributed by atoms with Gasteiger partial charge in [-0.25, -0.2) is 0 Å². The lowest BCUT2D eigenvalue weighted by Crippen LogP contribution is -1.99. The first kappa shape index (κ1) is 10.3. The third-order valence-corrected chi connectivity index (χ3v) is 2.58. The molecular formula is C13H12N2O. The lowest BCUT2D eigenvalue weighted by atomic mass is 10.1. The molecule has 2 aromatic rings. The molecule has 3 heteroatoms. The fourth-order valence-corrected chi connectivity index (χ4v) is 1.68. The molecule has 2 N–H and O–H groups in total. The summed E-state index contributed by atoms with van der Waals surface area (Å²) in [4.78, 5) is 0. The first-order valence-electron chi connectivity index (χ1n) is 5.13. The Morgan fingerprint density at radius 1 is 1.44 bits per heavy atom. The zero-order chi connectivity index (χ0) is 11.5. The number of nitriles is 1. The maximum Gasteiger partial charge on any atom is 0.134 e. The van der Waals surface area contributed by atoms with Crippen molar-refractivity contribution < 1.29 is 4.42 Å². The number of para-hydroxylation sites is 1. The van der Waals surface area contributed by atoms with Crippen molar-refractivity contribution in [1.29, 1.82) is 5.26 Å². The zero-order valence-corrected chi connectivity index (χ0v) is 9.03. The molecule has 0 aliphatic heterocycles. The monoisotopic (exact) mass is 212 g/mol. The predicted octanol–water partition coefficient (Wildman–Crippen LogP) is 3.04. The van der Waals surface area contributed by atoms with Crippen LogP contribution in [-0.4, -0.2) is 0 Å². The Morgan fingerprint density at radius 3 is 2.88 bits per heavy atom. The van der Waals surface area contributed by atoms with E-state index in [9.17, 15) is 0 Å². The average Bonchev–Trinajstić information content (AvgIpc) is 2.74. The molecular weight excluding hydrogens is 200 g/mol. The summed E-state index contributed by atoms with van der Waals surface area (Å²) in [6, 6.07) is 9.76. The number of rotatable bonds is 2. The van der Waals surface area contributed by atoms with E-state index in [1.807, 2.05) is 31.2 Å². The van der Waals surface area contributed by atoms with Crippen LogP contribution in [0.25, 0.3) is 16.7 Å². The van der Waals surface area contributed by atoms with E-state index in [1.54, 1.807) is 6.26 Å². The number of furan rings is 1. The van der Waals surface area contributed by atoms with E-state index in [-0.39, 0.29) is 0 Å². The fourth-order valence-electron chi connectivity index (χ4n) is 1.68. The van der Waals surface area contributed by atoms with Gasteiger partial charge in [0.05, 0.1) is 17.3 Å². The van der Waals surface area contributed by atoms with Gasteiger partial charge in [-0.3, -0.25) is 0 Å². The van der Waals surface area contributed by atoms with E-state index in [2.05, 4.69) is 6.07 Å². The SMILES string of the molecule is CC/C(C#N)=C(/N)c1coc2ccccc12. The number of hydrogen-bond acceptors (Lipinski definition) is 3. The van der Waals surface area contributed by atoms with Crippen LogP contribution < -0.4 is 5.73 Å². The highest BCUT2D eigenvalue weighted by atomic mass is 16.3. The van der Waals surface area contributed by atoms with Crippen LogP contribution in [-0.2, 0) is 0 Å². The molecule has 0 unspecified atom stereocenters. The first-order chi connectivity index (χ1) is 7.77. The van der Waals surface area contributed by atoms with Gasteiger partial charge in [0.1, 0.15) is 11.8 Å². The van der Waals surface area contributed by atoms with Crippen molar-refractivity contribution >= 4 is 16.7 Å². The highest BCUT2D eigenvalue weighted by Gasteiger charge is 2.10. The molecule has 0 aliphatic rings. The Hall–Kier alpha value is -2.21. The topological polar surface area (TPSA) is 63.0 Å². The summed E-state index contributed by atoms with van der Waals surface area (Å²) < 4.78 is 5.39. The van der Waals surface area contributed by atoms with E-state index in [4.69, 9.17) is 15.4 Å². The van der Waals surface area contributed by atoms with Crippen LogP contribution in [0.2, 0.25) is 0 Å². The minimum Gasteiger partial charge on any atom is -0.464 e. The maximum atomic E-state index is 8.95. The summed E-state index contributed by atoms with van der Waals surface area (Å²) in [5.41, 5.74) is 8.65. The zero-order valence-electron chi connectivity index (χ0n) is 9.03. The summed E-state index contributed by atoms with van der Waals surface area (Å²) in [6.45, 7) is 1.91. The Morgan fingerprint density at radius 2 is 2.19 bits per heavy atom. The van der Waals surface area contributed by atoms with E-state index in [0.717, 1.165) is 16.5 Å². The molecule has 0 spiro atoms. The molecule has 0 amide bonds. The molecule has 0 bridgehead atoms. The van der Waals surface area contributed by atoms with E-state index in [0.29, 0.717) is 17.7 Å². The van der Waals surface area contributed by atoms with Crippen LogP contribution >= 0.6 is 0 Å². The van der Waals surface area contributed by atoms with Crippen molar-refractivity contribution in [2.75, 3.05) is 0 Å². The van der Waals surface area contributed by atoms with Gasteiger partial charge in [-0.1, -0.05) is 25.1 Å². The van der Waals surface area contributed by atoms with Gasteiger partial charge in [-0.15, -0.1) is 0 Å². The first-order valence-corrected chi connectivity index (χ1v) is 5.13. The van der Waals surface area contributed by atoms with Crippen LogP contribution in [0.3, 0.4) is 0 Å². The molecule has 0 fully saturated rings. The smallest absolute Gasteiger partial charge is 0.134 e. The predicted molar refractivity (Wildman–Crippen MR) is 63.2 cm³/mol. The number of nitrogens with two attached hydrogens (primary N) is 1. The lowest BCUT2D eigenvalue weighted by molar-refractivity contribution is 0.614. The minimum absolute atomic E-state index is 0.509.